The van der Waals surface area contributed by atoms with E-state index in [0.29, 0.717) is 0 Å². The van der Waals surface area contributed by atoms with E-state index < -0.39 is 35.4 Å². The molecular weight excluding hydrogens is 319 g/mol. The quantitative estimate of drug-likeness (QED) is 0.895. The molecule has 1 fully saturated rings. The van der Waals surface area contributed by atoms with E-state index in [9.17, 15) is 22.8 Å². The molecule has 0 aromatic carbocycles. The predicted molar refractivity (Wildman–Crippen MR) is 70.8 cm³/mol. The van der Waals surface area contributed by atoms with Crippen LogP contribution in [0.5, 0.6) is 0 Å². The third-order valence-electron chi connectivity index (χ3n) is 3.47. The first-order valence-electron chi connectivity index (χ1n) is 6.99. The van der Waals surface area contributed by atoms with Crippen LogP contribution in [0.1, 0.15) is 29.4 Å². The van der Waals surface area contributed by atoms with Gasteiger partial charge in [0.05, 0.1) is 30.9 Å². The number of aromatic nitrogens is 2. The van der Waals surface area contributed by atoms with Crippen LogP contribution in [0.15, 0.2) is 6.20 Å². The van der Waals surface area contributed by atoms with E-state index in [4.69, 9.17) is 9.84 Å². The topological polar surface area (TPSA) is 84.7 Å². The van der Waals surface area contributed by atoms with Crippen molar-refractivity contribution in [1.29, 1.82) is 0 Å². The molecule has 0 aliphatic carbocycles. The summed E-state index contributed by atoms with van der Waals surface area (Å²) in [5, 5.41) is 12.4. The van der Waals surface area contributed by atoms with Crippen LogP contribution in [0.25, 0.3) is 0 Å². The van der Waals surface area contributed by atoms with Crippen LogP contribution in [0, 0.1) is 0 Å². The maximum absolute atomic E-state index is 13.2. The maximum atomic E-state index is 13.2. The molecule has 1 atom stereocenters. The molecule has 7 nitrogen and oxygen atoms in total. The van der Waals surface area contributed by atoms with Crippen molar-refractivity contribution in [2.45, 2.75) is 32.2 Å². The van der Waals surface area contributed by atoms with Crippen LogP contribution in [0.2, 0.25) is 0 Å². The number of aliphatic carboxylic acids is 1. The molecule has 23 heavy (non-hydrogen) atoms. The Kier molecular flexibility index (Phi) is 4.93. The molecule has 1 N–H and O–H groups in total. The van der Waals surface area contributed by atoms with Crippen LogP contribution in [0.4, 0.5) is 13.2 Å². The number of carbonyl (C=O) groups is 2. The summed E-state index contributed by atoms with van der Waals surface area (Å²) in [5.41, 5.74) is -1.62. The van der Waals surface area contributed by atoms with Gasteiger partial charge in [-0.25, -0.2) is 0 Å². The first-order valence-corrected chi connectivity index (χ1v) is 6.99. The number of amides is 1. The second kappa shape index (κ2) is 6.57. The number of alkyl halides is 3. The summed E-state index contributed by atoms with van der Waals surface area (Å²) in [6.07, 6.45) is -4.86. The van der Waals surface area contributed by atoms with E-state index in [1.165, 1.54) is 11.8 Å². The van der Waals surface area contributed by atoms with E-state index in [2.05, 4.69) is 5.10 Å². The Hall–Kier alpha value is -2.10. The second-order valence-electron chi connectivity index (χ2n) is 5.06. The second-order valence-corrected chi connectivity index (χ2v) is 5.06. The fourth-order valence-electron chi connectivity index (χ4n) is 2.47. The van der Waals surface area contributed by atoms with Gasteiger partial charge in [-0.15, -0.1) is 0 Å². The van der Waals surface area contributed by atoms with Gasteiger partial charge in [-0.3, -0.25) is 14.3 Å². The van der Waals surface area contributed by atoms with E-state index in [1.54, 1.807) is 0 Å². The molecule has 0 unspecified atom stereocenters. The highest BCUT2D eigenvalue weighted by Gasteiger charge is 2.41. The van der Waals surface area contributed by atoms with Crippen LogP contribution in [-0.2, 0) is 22.3 Å². The first kappa shape index (κ1) is 17.3. The Bertz CT molecular complexity index is 600. The number of hydrogen-bond donors (Lipinski definition) is 1. The normalized spacial score (nSPS) is 19.0. The summed E-state index contributed by atoms with van der Waals surface area (Å²) in [5.74, 6) is -1.92. The molecular formula is C13H16F3N3O4. The minimum absolute atomic E-state index is 0.0210. The van der Waals surface area contributed by atoms with Crippen LogP contribution >= 0.6 is 0 Å². The fraction of sp³-hybridized carbons (Fsp3) is 0.615. The number of nitrogens with zero attached hydrogens (tertiary/aromatic N) is 3. The zero-order chi connectivity index (χ0) is 17.2. The summed E-state index contributed by atoms with van der Waals surface area (Å²) < 4.78 is 45.5. The van der Waals surface area contributed by atoms with Gasteiger partial charge in [-0.05, 0) is 6.92 Å². The highest BCUT2D eigenvalue weighted by molar-refractivity contribution is 5.95. The van der Waals surface area contributed by atoms with Gasteiger partial charge in [0.15, 0.2) is 5.69 Å². The molecule has 0 spiro atoms. The molecule has 0 bridgehead atoms. The van der Waals surface area contributed by atoms with Gasteiger partial charge in [0.1, 0.15) is 0 Å². The van der Waals surface area contributed by atoms with E-state index >= 15 is 0 Å². The van der Waals surface area contributed by atoms with E-state index in [-0.39, 0.29) is 32.7 Å². The average Bonchev–Trinajstić information content (AvgIpc) is 2.90. The number of morpholine rings is 1. The highest BCUT2D eigenvalue weighted by Crippen LogP contribution is 2.32. The Morgan fingerprint density at radius 3 is 2.74 bits per heavy atom. The lowest BCUT2D eigenvalue weighted by Crippen LogP contribution is -2.46. The van der Waals surface area contributed by atoms with Crippen molar-refractivity contribution >= 4 is 11.9 Å². The number of rotatable bonds is 4. The van der Waals surface area contributed by atoms with Crippen molar-refractivity contribution in [3.63, 3.8) is 0 Å². The van der Waals surface area contributed by atoms with E-state index in [0.717, 1.165) is 10.9 Å². The monoisotopic (exact) mass is 335 g/mol. The van der Waals surface area contributed by atoms with Crippen molar-refractivity contribution in [3.05, 3.63) is 17.5 Å². The number of carbonyl (C=O) groups excluding carboxylic acids is 1. The van der Waals surface area contributed by atoms with Crippen molar-refractivity contribution in [1.82, 2.24) is 14.7 Å². The molecule has 0 saturated carbocycles. The standard InChI is InChI=1S/C13H16F3N3O4/c1-2-19-11(13(14,15)16)9(6-17-19)12(22)18-3-4-23-8(7-18)5-10(20)21/h6,8H,2-5,7H2,1H3,(H,20,21)/t8-/m0/s1. The lowest BCUT2D eigenvalue weighted by molar-refractivity contribution is -0.144. The summed E-state index contributed by atoms with van der Waals surface area (Å²) in [6, 6.07) is 0. The number of ether oxygens (including phenoxy) is 1. The zero-order valence-corrected chi connectivity index (χ0v) is 12.3. The minimum Gasteiger partial charge on any atom is -0.481 e. The minimum atomic E-state index is -4.70. The summed E-state index contributed by atoms with van der Waals surface area (Å²) in [6.45, 7) is 1.58. The predicted octanol–water partition coefficient (Wildman–Crippen LogP) is 1.24. The number of carboxylic acids is 1. The van der Waals surface area contributed by atoms with Crippen molar-refractivity contribution in [3.8, 4) is 0 Å². The van der Waals surface area contributed by atoms with Gasteiger partial charge >= 0.3 is 12.1 Å². The first-order chi connectivity index (χ1) is 10.7. The van der Waals surface area contributed by atoms with Crippen LogP contribution < -0.4 is 0 Å². The molecule has 10 heteroatoms. The SMILES string of the molecule is CCn1ncc(C(=O)N2CCO[C@@H](CC(=O)O)C2)c1C(F)(F)F. The van der Waals surface area contributed by atoms with Gasteiger partial charge in [0.25, 0.3) is 5.91 Å². The number of hydrogen-bond acceptors (Lipinski definition) is 4. The molecule has 1 aliphatic heterocycles. The smallest absolute Gasteiger partial charge is 0.433 e. The molecule has 2 heterocycles. The zero-order valence-electron chi connectivity index (χ0n) is 12.3. The van der Waals surface area contributed by atoms with Crippen molar-refractivity contribution in [2.75, 3.05) is 19.7 Å². The van der Waals surface area contributed by atoms with Gasteiger partial charge in [0, 0.05) is 19.6 Å². The largest absolute Gasteiger partial charge is 0.481 e. The maximum Gasteiger partial charge on any atom is 0.433 e. The summed E-state index contributed by atoms with van der Waals surface area (Å²) in [4.78, 5) is 24.3. The molecule has 1 saturated heterocycles. The van der Waals surface area contributed by atoms with Crippen molar-refractivity contribution in [2.24, 2.45) is 0 Å². The number of aryl methyl sites for hydroxylation is 1. The van der Waals surface area contributed by atoms with Crippen LogP contribution in [-0.4, -0.2) is 57.5 Å². The highest BCUT2D eigenvalue weighted by atomic mass is 19.4. The summed E-state index contributed by atoms with van der Waals surface area (Å²) >= 11 is 0. The molecule has 1 amide bonds. The summed E-state index contributed by atoms with van der Waals surface area (Å²) in [7, 11) is 0. The molecule has 1 aliphatic rings. The van der Waals surface area contributed by atoms with Gasteiger partial charge < -0.3 is 14.7 Å². The van der Waals surface area contributed by atoms with E-state index in [1.807, 2.05) is 0 Å². The number of halogens is 3. The molecule has 1 aromatic heterocycles. The van der Waals surface area contributed by atoms with Crippen LogP contribution in [0.3, 0.4) is 0 Å². The third-order valence-corrected chi connectivity index (χ3v) is 3.47. The molecule has 1 aromatic rings. The Labute approximate surface area is 129 Å². The lowest BCUT2D eigenvalue weighted by atomic mass is 10.1. The Balaban J connectivity index is 2.23. The Morgan fingerprint density at radius 1 is 1.48 bits per heavy atom. The van der Waals surface area contributed by atoms with Gasteiger partial charge in [-0.1, -0.05) is 0 Å². The fourth-order valence-corrected chi connectivity index (χ4v) is 2.47. The molecule has 0 radical (unpaired) electrons. The molecule has 128 valence electrons. The Morgan fingerprint density at radius 2 is 2.17 bits per heavy atom. The average molecular weight is 335 g/mol. The molecule has 2 rings (SSSR count). The third kappa shape index (κ3) is 3.81. The van der Waals surface area contributed by atoms with Gasteiger partial charge in [-0.2, -0.15) is 18.3 Å². The lowest BCUT2D eigenvalue weighted by Gasteiger charge is -2.32. The van der Waals surface area contributed by atoms with Crippen molar-refractivity contribution < 1.29 is 32.6 Å². The van der Waals surface area contributed by atoms with Gasteiger partial charge in [0.2, 0.25) is 0 Å². The number of carboxylic acid groups (broad SMARTS) is 1.